The molecule has 0 radical (unpaired) electrons. The van der Waals surface area contributed by atoms with Crippen molar-refractivity contribution >= 4 is 17.2 Å². The van der Waals surface area contributed by atoms with E-state index in [1.165, 1.54) is 11.3 Å². The van der Waals surface area contributed by atoms with Gasteiger partial charge in [0.2, 0.25) is 5.91 Å². The van der Waals surface area contributed by atoms with Crippen LogP contribution in [0.5, 0.6) is 5.19 Å². The number of aromatic nitrogens is 3. The lowest BCUT2D eigenvalue weighted by Crippen LogP contribution is -2.40. The lowest BCUT2D eigenvalue weighted by molar-refractivity contribution is -0.122. The number of rotatable bonds is 9. The number of hydrogen-bond donors (Lipinski definition) is 1. The summed E-state index contributed by atoms with van der Waals surface area (Å²) in [6.45, 7) is 6.34. The molecule has 3 heterocycles. The minimum Gasteiger partial charge on any atom is -0.464 e. The van der Waals surface area contributed by atoms with Crippen LogP contribution in [0.25, 0.3) is 0 Å². The Kier molecular flexibility index (Phi) is 7.95. The van der Waals surface area contributed by atoms with Gasteiger partial charge in [0.1, 0.15) is 6.54 Å². The third kappa shape index (κ3) is 6.72. The van der Waals surface area contributed by atoms with Gasteiger partial charge in [-0.05, 0) is 70.9 Å². The summed E-state index contributed by atoms with van der Waals surface area (Å²) >= 11 is 1.40. The predicted molar refractivity (Wildman–Crippen MR) is 123 cm³/mol. The molecule has 0 saturated heterocycles. The van der Waals surface area contributed by atoms with Gasteiger partial charge in [0.05, 0.1) is 11.4 Å². The molecule has 1 fully saturated rings. The first-order chi connectivity index (χ1) is 15.9. The number of carbonyl (C=O) groups is 1. The molecular formula is C23H33F2N5O2S. The van der Waals surface area contributed by atoms with Crippen LogP contribution in [-0.4, -0.2) is 57.7 Å². The van der Waals surface area contributed by atoms with E-state index < -0.39 is 13.0 Å². The number of aryl methyl sites for hydroxylation is 2. The molecule has 4 rings (SSSR count). The van der Waals surface area contributed by atoms with Gasteiger partial charge in [0.15, 0.2) is 6.61 Å². The number of nitrogens with zero attached hydrogens (tertiary/aromatic N) is 4. The summed E-state index contributed by atoms with van der Waals surface area (Å²) in [5.41, 5.74) is 2.91. The molecule has 182 valence electrons. The number of alkyl halides is 2. The third-order valence-corrected chi connectivity index (χ3v) is 7.65. The Morgan fingerprint density at radius 2 is 2.09 bits per heavy atom. The zero-order chi connectivity index (χ0) is 23.4. The fourth-order valence-corrected chi connectivity index (χ4v) is 5.74. The zero-order valence-electron chi connectivity index (χ0n) is 19.4. The van der Waals surface area contributed by atoms with Gasteiger partial charge in [-0.1, -0.05) is 11.3 Å². The molecule has 7 nitrogen and oxygen atoms in total. The highest BCUT2D eigenvalue weighted by molar-refractivity contribution is 7.13. The minimum absolute atomic E-state index is 0.0360. The number of halogens is 2. The molecule has 2 aromatic rings. The molecule has 0 unspecified atom stereocenters. The Labute approximate surface area is 197 Å². The van der Waals surface area contributed by atoms with Crippen LogP contribution >= 0.6 is 11.3 Å². The van der Waals surface area contributed by atoms with Gasteiger partial charge in [-0.2, -0.15) is 5.10 Å². The van der Waals surface area contributed by atoms with E-state index in [9.17, 15) is 13.6 Å². The maximum absolute atomic E-state index is 12.4. The fraction of sp³-hybridized carbons (Fsp3) is 0.696. The van der Waals surface area contributed by atoms with Gasteiger partial charge in [0, 0.05) is 29.7 Å². The fourth-order valence-electron chi connectivity index (χ4n) is 4.82. The molecule has 1 N–H and O–H groups in total. The summed E-state index contributed by atoms with van der Waals surface area (Å²) in [6.07, 6.45) is 3.87. The van der Waals surface area contributed by atoms with Crippen molar-refractivity contribution in [2.75, 3.05) is 19.7 Å². The van der Waals surface area contributed by atoms with Crippen molar-refractivity contribution in [3.63, 3.8) is 0 Å². The summed E-state index contributed by atoms with van der Waals surface area (Å²) in [6, 6.07) is 2.24. The first kappa shape index (κ1) is 24.1. The van der Waals surface area contributed by atoms with Crippen molar-refractivity contribution in [3.8, 4) is 5.19 Å². The Bertz CT molecular complexity index is 939. The van der Waals surface area contributed by atoms with Gasteiger partial charge in [0.25, 0.3) is 11.6 Å². The lowest BCUT2D eigenvalue weighted by atomic mass is 9.84. The molecule has 1 saturated carbocycles. The van der Waals surface area contributed by atoms with Gasteiger partial charge < -0.3 is 10.1 Å². The van der Waals surface area contributed by atoms with E-state index in [1.807, 2.05) is 19.9 Å². The van der Waals surface area contributed by atoms with Crippen LogP contribution < -0.4 is 10.1 Å². The zero-order valence-corrected chi connectivity index (χ0v) is 20.2. The van der Waals surface area contributed by atoms with Crippen LogP contribution in [0.2, 0.25) is 0 Å². The lowest BCUT2D eigenvalue weighted by Gasteiger charge is -2.32. The van der Waals surface area contributed by atoms with Gasteiger partial charge >= 0.3 is 0 Å². The van der Waals surface area contributed by atoms with Crippen LogP contribution in [0, 0.1) is 19.8 Å². The number of ether oxygens (including phenoxy) is 1. The average Bonchev–Trinajstić information content (AvgIpc) is 3.32. The van der Waals surface area contributed by atoms with E-state index in [-0.39, 0.29) is 18.5 Å². The first-order valence-electron chi connectivity index (χ1n) is 11.8. The smallest absolute Gasteiger partial charge is 0.273 e. The van der Waals surface area contributed by atoms with E-state index in [2.05, 4.69) is 20.3 Å². The molecule has 0 aromatic carbocycles. The first-order valence-corrected chi connectivity index (χ1v) is 12.6. The highest BCUT2D eigenvalue weighted by Gasteiger charge is 2.25. The number of nitrogens with one attached hydrogen (secondary N) is 1. The Morgan fingerprint density at radius 3 is 2.79 bits per heavy atom. The van der Waals surface area contributed by atoms with E-state index >= 15 is 0 Å². The second-order valence-electron chi connectivity index (χ2n) is 9.24. The monoisotopic (exact) mass is 481 g/mol. The average molecular weight is 482 g/mol. The van der Waals surface area contributed by atoms with E-state index in [0.717, 1.165) is 80.1 Å². The molecule has 0 bridgehead atoms. The number of carbonyl (C=O) groups excluding carboxylic acids is 1. The largest absolute Gasteiger partial charge is 0.464 e. The van der Waals surface area contributed by atoms with Crippen molar-refractivity contribution in [2.45, 2.75) is 77.9 Å². The maximum atomic E-state index is 12.4. The summed E-state index contributed by atoms with van der Waals surface area (Å²) in [4.78, 5) is 20.4. The molecule has 2 aromatic heterocycles. The van der Waals surface area contributed by atoms with Gasteiger partial charge in [-0.15, -0.1) is 0 Å². The van der Waals surface area contributed by atoms with Crippen LogP contribution in [0.1, 0.15) is 54.1 Å². The molecule has 0 spiro atoms. The minimum atomic E-state index is -2.48. The van der Waals surface area contributed by atoms with Crippen molar-refractivity contribution < 1.29 is 18.3 Å². The van der Waals surface area contributed by atoms with Crippen LogP contribution in [0.4, 0.5) is 8.78 Å². The molecule has 2 aliphatic rings. The Hall–Kier alpha value is -2.07. The van der Waals surface area contributed by atoms with Gasteiger partial charge in [-0.25, -0.2) is 13.8 Å². The van der Waals surface area contributed by atoms with Crippen LogP contribution in [-0.2, 0) is 24.3 Å². The van der Waals surface area contributed by atoms with Crippen molar-refractivity contribution in [1.82, 2.24) is 25.0 Å². The SMILES string of the molecule is Cc1cc(C)n(CC(=O)N[C@H]2CC[C@H](CCN3CCc4sc(OCC(F)F)nc4C3)CC2)n1. The number of hydrogen-bond acceptors (Lipinski definition) is 6. The second-order valence-corrected chi connectivity index (χ2v) is 10.3. The van der Waals surface area contributed by atoms with E-state index in [1.54, 1.807) is 4.68 Å². The number of thiazole rings is 1. The third-order valence-electron chi connectivity index (χ3n) is 6.58. The predicted octanol–water partition coefficient (Wildman–Crippen LogP) is 3.72. The van der Waals surface area contributed by atoms with E-state index in [0.29, 0.717) is 11.1 Å². The van der Waals surface area contributed by atoms with Crippen LogP contribution in [0.15, 0.2) is 6.07 Å². The molecular weight excluding hydrogens is 448 g/mol. The summed E-state index contributed by atoms with van der Waals surface area (Å²) in [5, 5.41) is 7.91. The topological polar surface area (TPSA) is 72.3 Å². The van der Waals surface area contributed by atoms with Crippen LogP contribution in [0.3, 0.4) is 0 Å². The van der Waals surface area contributed by atoms with Gasteiger partial charge in [-0.3, -0.25) is 14.4 Å². The molecule has 0 atom stereocenters. The Morgan fingerprint density at radius 1 is 1.30 bits per heavy atom. The maximum Gasteiger partial charge on any atom is 0.273 e. The quantitative estimate of drug-likeness (QED) is 0.591. The number of amides is 1. The highest BCUT2D eigenvalue weighted by Crippen LogP contribution is 2.31. The molecule has 10 heteroatoms. The summed E-state index contributed by atoms with van der Waals surface area (Å²) < 4.78 is 31.6. The molecule has 1 aliphatic carbocycles. The Balaban J connectivity index is 1.15. The summed E-state index contributed by atoms with van der Waals surface area (Å²) in [7, 11) is 0. The second kappa shape index (κ2) is 10.9. The molecule has 1 amide bonds. The molecule has 1 aliphatic heterocycles. The number of fused-ring (bicyclic) bond motifs is 1. The highest BCUT2D eigenvalue weighted by atomic mass is 32.1. The van der Waals surface area contributed by atoms with Crippen molar-refractivity contribution in [2.24, 2.45) is 5.92 Å². The van der Waals surface area contributed by atoms with Crippen molar-refractivity contribution in [1.29, 1.82) is 0 Å². The normalized spacial score (nSPS) is 21.2. The van der Waals surface area contributed by atoms with Crippen molar-refractivity contribution in [3.05, 3.63) is 28.0 Å². The van der Waals surface area contributed by atoms with E-state index in [4.69, 9.17) is 4.74 Å². The summed E-state index contributed by atoms with van der Waals surface area (Å²) in [5.74, 6) is 0.713. The molecule has 33 heavy (non-hydrogen) atoms. The standard InChI is InChI=1S/C23H33F2N5O2S/c1-15-11-16(2)30(28-15)13-22(31)26-18-5-3-17(4-6-18)7-9-29-10-8-20-19(12-29)27-23(33-20)32-14-21(24)25/h11,17-18,21H,3-10,12-14H2,1-2H3,(H,26,31)/t17-,18-.